The molecule has 3 aromatic rings. The first kappa shape index (κ1) is 14.8. The predicted octanol–water partition coefficient (Wildman–Crippen LogP) is 2.72. The molecule has 0 aliphatic heterocycles. The van der Waals surface area contributed by atoms with E-state index < -0.39 is 17.9 Å². The number of benzene rings is 1. The molecule has 2 aromatic heterocycles. The highest BCUT2D eigenvalue weighted by molar-refractivity contribution is 5.89. The van der Waals surface area contributed by atoms with Gasteiger partial charge in [0.25, 0.3) is 0 Å². The van der Waals surface area contributed by atoms with Crippen LogP contribution >= 0.6 is 0 Å². The predicted molar refractivity (Wildman–Crippen MR) is 79.4 cm³/mol. The molecule has 0 N–H and O–H groups in total. The molecular weight excluding hydrogens is 299 g/mol. The third-order valence-electron chi connectivity index (χ3n) is 3.22. The lowest BCUT2D eigenvalue weighted by atomic mass is 10.2. The van der Waals surface area contributed by atoms with E-state index in [-0.39, 0.29) is 5.56 Å². The Hall–Kier alpha value is -3.09. The van der Waals surface area contributed by atoms with Crippen LogP contribution in [-0.4, -0.2) is 25.9 Å². The third kappa shape index (κ3) is 3.23. The summed E-state index contributed by atoms with van der Waals surface area (Å²) in [6, 6.07) is 10.7. The van der Waals surface area contributed by atoms with E-state index in [2.05, 4.69) is 15.3 Å². The highest BCUT2D eigenvalue weighted by atomic mass is 19.1. The molecule has 0 unspecified atom stereocenters. The van der Waals surface area contributed by atoms with Crippen molar-refractivity contribution in [3.63, 3.8) is 0 Å². The Balaban J connectivity index is 1.74. The van der Waals surface area contributed by atoms with E-state index in [9.17, 15) is 9.18 Å². The number of aromatic nitrogens is 4. The second-order valence-electron chi connectivity index (χ2n) is 4.83. The first-order valence-electron chi connectivity index (χ1n) is 6.93. The molecule has 23 heavy (non-hydrogen) atoms. The zero-order valence-corrected chi connectivity index (χ0v) is 12.3. The minimum atomic E-state index is -0.772. The molecule has 116 valence electrons. The average Bonchev–Trinajstić information content (AvgIpc) is 3.06. The maximum Gasteiger partial charge on any atom is 0.341 e. The van der Waals surface area contributed by atoms with Crippen molar-refractivity contribution in [3.8, 4) is 5.69 Å². The Morgan fingerprint density at radius 2 is 2.04 bits per heavy atom. The Labute approximate surface area is 131 Å². The molecule has 2 heterocycles. The quantitative estimate of drug-likeness (QED) is 0.693. The first-order chi connectivity index (χ1) is 11.1. The van der Waals surface area contributed by atoms with Crippen LogP contribution in [0.4, 0.5) is 4.39 Å². The topological polar surface area (TPSA) is 69.9 Å². The van der Waals surface area contributed by atoms with Crippen LogP contribution in [0.25, 0.3) is 5.69 Å². The largest absolute Gasteiger partial charge is 0.452 e. The number of esters is 1. The molecule has 6 nitrogen and oxygen atoms in total. The summed E-state index contributed by atoms with van der Waals surface area (Å²) in [4.78, 5) is 15.6. The van der Waals surface area contributed by atoms with Gasteiger partial charge in [-0.25, -0.2) is 13.9 Å². The van der Waals surface area contributed by atoms with Crippen LogP contribution < -0.4 is 0 Å². The summed E-state index contributed by atoms with van der Waals surface area (Å²) < 4.78 is 20.3. The smallest absolute Gasteiger partial charge is 0.341 e. The summed E-state index contributed by atoms with van der Waals surface area (Å²) >= 11 is 0. The molecular formula is C16H13FN4O2. The first-order valence-corrected chi connectivity index (χ1v) is 6.93. The number of pyridine rings is 1. The van der Waals surface area contributed by atoms with Gasteiger partial charge in [0.1, 0.15) is 11.8 Å². The zero-order chi connectivity index (χ0) is 16.2. The van der Waals surface area contributed by atoms with Gasteiger partial charge >= 0.3 is 5.97 Å². The minimum Gasteiger partial charge on any atom is -0.452 e. The van der Waals surface area contributed by atoms with Crippen molar-refractivity contribution in [2.45, 2.75) is 13.0 Å². The van der Waals surface area contributed by atoms with E-state index >= 15 is 0 Å². The zero-order valence-electron chi connectivity index (χ0n) is 12.3. The van der Waals surface area contributed by atoms with Gasteiger partial charge in [0, 0.05) is 6.20 Å². The average molecular weight is 312 g/mol. The van der Waals surface area contributed by atoms with Crippen LogP contribution in [0.5, 0.6) is 0 Å². The second kappa shape index (κ2) is 6.35. The number of nitrogens with zero attached hydrogens (tertiary/aromatic N) is 4. The van der Waals surface area contributed by atoms with Crippen molar-refractivity contribution in [1.82, 2.24) is 20.0 Å². The van der Waals surface area contributed by atoms with E-state index in [0.717, 1.165) is 11.9 Å². The molecule has 0 fully saturated rings. The summed E-state index contributed by atoms with van der Waals surface area (Å²) in [7, 11) is 0. The lowest BCUT2D eigenvalue weighted by Crippen LogP contribution is -2.11. The van der Waals surface area contributed by atoms with Gasteiger partial charge in [0.2, 0.25) is 0 Å². The third-order valence-corrected chi connectivity index (χ3v) is 3.22. The Bertz CT molecular complexity index is 820. The second-order valence-corrected chi connectivity index (χ2v) is 4.83. The van der Waals surface area contributed by atoms with Crippen molar-refractivity contribution < 1.29 is 13.9 Å². The number of halogens is 1. The van der Waals surface area contributed by atoms with Gasteiger partial charge < -0.3 is 4.74 Å². The lowest BCUT2D eigenvalue weighted by molar-refractivity contribution is 0.0323. The summed E-state index contributed by atoms with van der Waals surface area (Å²) in [5.41, 5.74) is 1.14. The molecule has 0 aliphatic carbocycles. The van der Waals surface area contributed by atoms with E-state index in [1.54, 1.807) is 17.8 Å². The molecule has 0 spiro atoms. The number of rotatable bonds is 4. The monoisotopic (exact) mass is 312 g/mol. The van der Waals surface area contributed by atoms with E-state index in [0.29, 0.717) is 5.69 Å². The number of hydrogen-bond acceptors (Lipinski definition) is 5. The maximum atomic E-state index is 13.5. The minimum absolute atomic E-state index is 0.165. The summed E-state index contributed by atoms with van der Waals surface area (Å²) in [6.07, 6.45) is 3.30. The number of carbonyl (C=O) groups is 1. The van der Waals surface area contributed by atoms with Crippen LogP contribution in [0.2, 0.25) is 0 Å². The molecule has 0 radical (unpaired) electrons. The summed E-state index contributed by atoms with van der Waals surface area (Å²) in [6.45, 7) is 1.65. The molecule has 7 heteroatoms. The highest BCUT2D eigenvalue weighted by Gasteiger charge is 2.19. The Morgan fingerprint density at radius 1 is 1.26 bits per heavy atom. The van der Waals surface area contributed by atoms with E-state index in [1.807, 2.05) is 30.3 Å². The van der Waals surface area contributed by atoms with Crippen molar-refractivity contribution in [1.29, 1.82) is 0 Å². The molecule has 0 saturated heterocycles. The van der Waals surface area contributed by atoms with Gasteiger partial charge in [-0.1, -0.05) is 23.4 Å². The van der Waals surface area contributed by atoms with E-state index in [4.69, 9.17) is 4.74 Å². The number of carbonyl (C=O) groups excluding carboxylic acids is 1. The molecule has 3 rings (SSSR count). The van der Waals surface area contributed by atoms with Gasteiger partial charge in [-0.05, 0) is 25.1 Å². The van der Waals surface area contributed by atoms with Gasteiger partial charge in [0.05, 0.1) is 23.6 Å². The van der Waals surface area contributed by atoms with Gasteiger partial charge in [-0.15, -0.1) is 5.10 Å². The number of ether oxygens (including phenoxy) is 1. The van der Waals surface area contributed by atoms with Gasteiger partial charge in [0.15, 0.2) is 5.82 Å². The van der Waals surface area contributed by atoms with E-state index in [1.165, 1.54) is 12.3 Å². The van der Waals surface area contributed by atoms with Gasteiger partial charge in [-0.3, -0.25) is 4.98 Å². The van der Waals surface area contributed by atoms with Crippen LogP contribution in [0, 0.1) is 5.82 Å². The normalized spacial score (nSPS) is 11.9. The fourth-order valence-corrected chi connectivity index (χ4v) is 2.00. The Kier molecular flexibility index (Phi) is 4.09. The van der Waals surface area contributed by atoms with Crippen molar-refractivity contribution in [3.05, 3.63) is 72.1 Å². The standard InChI is InChI=1S/C16H13FN4O2/c1-11(23-16(22)13-7-8-18-9-14(13)17)15-10-21(20-19-15)12-5-3-2-4-6-12/h2-11H,1H3/t11-/m0/s1. The maximum absolute atomic E-state index is 13.5. The highest BCUT2D eigenvalue weighted by Crippen LogP contribution is 2.18. The summed E-state index contributed by atoms with van der Waals surface area (Å²) in [5.74, 6) is -1.50. The SMILES string of the molecule is C[C@H](OC(=O)c1ccncc1F)c1cn(-c2ccccc2)nn1. The molecule has 1 aromatic carbocycles. The number of hydrogen-bond donors (Lipinski definition) is 0. The fraction of sp³-hybridized carbons (Fsp3) is 0.125. The van der Waals surface area contributed by atoms with Crippen LogP contribution in [0.15, 0.2) is 55.0 Å². The van der Waals surface area contributed by atoms with Crippen LogP contribution in [0.1, 0.15) is 29.1 Å². The summed E-state index contributed by atoms with van der Waals surface area (Å²) in [5, 5.41) is 7.99. The Morgan fingerprint density at radius 3 is 2.78 bits per heavy atom. The molecule has 0 amide bonds. The molecule has 0 aliphatic rings. The van der Waals surface area contributed by atoms with Crippen molar-refractivity contribution in [2.75, 3.05) is 0 Å². The van der Waals surface area contributed by atoms with Gasteiger partial charge in [-0.2, -0.15) is 0 Å². The van der Waals surface area contributed by atoms with Crippen LogP contribution in [0.3, 0.4) is 0 Å². The molecule has 1 atom stereocenters. The fourth-order valence-electron chi connectivity index (χ4n) is 2.00. The van der Waals surface area contributed by atoms with Crippen molar-refractivity contribution >= 4 is 5.97 Å². The molecule has 0 saturated carbocycles. The number of para-hydroxylation sites is 1. The van der Waals surface area contributed by atoms with Crippen LogP contribution in [-0.2, 0) is 4.74 Å². The lowest BCUT2D eigenvalue weighted by Gasteiger charge is -2.10. The van der Waals surface area contributed by atoms with Crippen molar-refractivity contribution in [2.24, 2.45) is 0 Å². The molecule has 0 bridgehead atoms.